The Morgan fingerprint density at radius 3 is 2.34 bits per heavy atom. The van der Waals surface area contributed by atoms with E-state index in [0.29, 0.717) is 13.1 Å². The molecule has 5 nitrogen and oxygen atoms in total. The van der Waals surface area contributed by atoms with E-state index in [1.165, 1.54) is 5.56 Å². The monoisotopic (exact) mass is 490 g/mol. The van der Waals surface area contributed by atoms with Crippen LogP contribution >= 0.6 is 11.8 Å². The van der Waals surface area contributed by atoms with Crippen LogP contribution in [0.15, 0.2) is 88.7 Å². The van der Waals surface area contributed by atoms with Crippen molar-refractivity contribution < 1.29 is 14.7 Å². The number of benzene rings is 3. The van der Waals surface area contributed by atoms with E-state index in [9.17, 15) is 9.59 Å². The Kier molecular flexibility index (Phi) is 10.7. The van der Waals surface area contributed by atoms with E-state index >= 15 is 0 Å². The van der Waals surface area contributed by atoms with Crippen LogP contribution in [-0.4, -0.2) is 30.2 Å². The molecule has 0 unspecified atom stereocenters. The van der Waals surface area contributed by atoms with Crippen molar-refractivity contribution >= 4 is 29.4 Å². The molecule has 2 N–H and O–H groups in total. The maximum Gasteiger partial charge on any atom is 0.321 e. The van der Waals surface area contributed by atoms with E-state index < -0.39 is 5.97 Å². The fraction of sp³-hybridized carbons (Fsp3) is 0.310. The Bertz CT molecular complexity index is 1070. The predicted octanol–water partition coefficient (Wildman–Crippen LogP) is 6.80. The summed E-state index contributed by atoms with van der Waals surface area (Å²) in [5.74, 6) is -0.835. The molecule has 0 fully saturated rings. The van der Waals surface area contributed by atoms with Crippen molar-refractivity contribution in [2.75, 3.05) is 18.0 Å². The second-order valence-electron chi connectivity index (χ2n) is 8.49. The maximum absolute atomic E-state index is 13.1. The smallest absolute Gasteiger partial charge is 0.321 e. The van der Waals surface area contributed by atoms with Gasteiger partial charge < -0.3 is 10.4 Å². The third-order valence-corrected chi connectivity index (χ3v) is 6.63. The highest BCUT2D eigenvalue weighted by Gasteiger charge is 2.16. The number of nitrogens with zero attached hydrogens (tertiary/aromatic N) is 1. The average molecular weight is 491 g/mol. The summed E-state index contributed by atoms with van der Waals surface area (Å²) < 4.78 is 0. The van der Waals surface area contributed by atoms with Gasteiger partial charge in [-0.15, -0.1) is 0 Å². The van der Waals surface area contributed by atoms with Crippen molar-refractivity contribution in [3.05, 3.63) is 90.0 Å². The third kappa shape index (κ3) is 9.13. The van der Waals surface area contributed by atoms with Gasteiger partial charge in [-0.2, -0.15) is 0 Å². The number of unbranched alkanes of at least 4 members (excludes halogenated alkanes) is 2. The van der Waals surface area contributed by atoms with E-state index in [1.54, 1.807) is 11.8 Å². The molecule has 0 spiro atoms. The average Bonchev–Trinajstić information content (AvgIpc) is 2.86. The van der Waals surface area contributed by atoms with Gasteiger partial charge in [-0.25, -0.2) is 4.79 Å². The highest BCUT2D eigenvalue weighted by Crippen LogP contribution is 2.31. The molecule has 0 heterocycles. The summed E-state index contributed by atoms with van der Waals surface area (Å²) in [7, 11) is 0. The minimum atomic E-state index is -0.835. The van der Waals surface area contributed by atoms with Crippen molar-refractivity contribution in [2.45, 2.75) is 55.2 Å². The van der Waals surface area contributed by atoms with E-state index in [1.807, 2.05) is 71.6 Å². The van der Waals surface area contributed by atoms with Crippen molar-refractivity contribution in [3.63, 3.8) is 0 Å². The number of hydrogen-bond donors (Lipinski definition) is 2. The van der Waals surface area contributed by atoms with Crippen molar-refractivity contribution in [3.8, 4) is 0 Å². The first-order chi connectivity index (χ1) is 17.0. The van der Waals surface area contributed by atoms with Gasteiger partial charge in [0.15, 0.2) is 0 Å². The first-order valence-electron chi connectivity index (χ1n) is 12.2. The molecule has 184 valence electrons. The summed E-state index contributed by atoms with van der Waals surface area (Å²) in [6.45, 7) is 3.46. The Balaban J connectivity index is 1.69. The van der Waals surface area contributed by atoms with Crippen LogP contribution < -0.4 is 10.2 Å². The minimum absolute atomic E-state index is 0.0196. The molecule has 3 aromatic rings. The molecule has 2 amide bonds. The standard InChI is InChI=1S/C29H34N2O3S/c1-2-3-7-19-30-29(34)31(20-9-12-23-10-5-4-6-11-23)25-13-8-14-27(22-25)35-26-17-15-24(16-18-26)21-28(32)33/h4-6,8,10-11,13-18,22H,2-3,7,9,12,19-21H2,1H3,(H,30,34)(H,32,33). The lowest BCUT2D eigenvalue weighted by Crippen LogP contribution is -2.41. The number of anilines is 1. The molecule has 0 aliphatic heterocycles. The number of carbonyl (C=O) groups excluding carboxylic acids is 1. The largest absolute Gasteiger partial charge is 0.481 e. The van der Waals surface area contributed by atoms with Crippen LogP contribution in [0.5, 0.6) is 0 Å². The highest BCUT2D eigenvalue weighted by atomic mass is 32.2. The molecule has 0 aliphatic rings. The van der Waals surface area contributed by atoms with Gasteiger partial charge in [0.25, 0.3) is 0 Å². The van der Waals surface area contributed by atoms with Crippen LogP contribution in [0.3, 0.4) is 0 Å². The summed E-state index contributed by atoms with van der Waals surface area (Å²) >= 11 is 1.60. The zero-order valence-corrected chi connectivity index (χ0v) is 21.1. The number of amides is 2. The molecule has 6 heteroatoms. The maximum atomic E-state index is 13.1. The van der Waals surface area contributed by atoms with E-state index in [0.717, 1.165) is 53.1 Å². The molecule has 35 heavy (non-hydrogen) atoms. The van der Waals surface area contributed by atoms with Gasteiger partial charge >= 0.3 is 12.0 Å². The summed E-state index contributed by atoms with van der Waals surface area (Å²) in [6.07, 6.45) is 5.00. The minimum Gasteiger partial charge on any atom is -0.481 e. The molecule has 0 saturated heterocycles. The van der Waals surface area contributed by atoms with Crippen LogP contribution in [-0.2, 0) is 17.6 Å². The van der Waals surface area contributed by atoms with Gasteiger partial charge in [0.05, 0.1) is 6.42 Å². The molecule has 0 radical (unpaired) electrons. The number of carboxylic acids is 1. The van der Waals surface area contributed by atoms with E-state index in [4.69, 9.17) is 5.11 Å². The molecule has 0 bridgehead atoms. The second kappa shape index (κ2) is 14.2. The zero-order valence-electron chi connectivity index (χ0n) is 20.3. The molecular formula is C29H34N2O3S. The van der Waals surface area contributed by atoms with Crippen LogP contribution in [0.4, 0.5) is 10.5 Å². The Hall–Kier alpha value is -3.25. The molecule has 0 aliphatic carbocycles. The van der Waals surface area contributed by atoms with E-state index in [2.05, 4.69) is 24.4 Å². The van der Waals surface area contributed by atoms with Crippen LogP contribution in [0, 0.1) is 0 Å². The molecule has 0 saturated carbocycles. The molecule has 3 aromatic carbocycles. The zero-order chi connectivity index (χ0) is 24.9. The number of hydrogen-bond acceptors (Lipinski definition) is 3. The summed E-state index contributed by atoms with van der Waals surface area (Å²) in [4.78, 5) is 27.9. The second-order valence-corrected chi connectivity index (χ2v) is 9.64. The van der Waals surface area contributed by atoms with Crippen LogP contribution in [0.1, 0.15) is 43.7 Å². The molecule has 0 aromatic heterocycles. The molecule has 3 rings (SSSR count). The highest BCUT2D eigenvalue weighted by molar-refractivity contribution is 7.99. The lowest BCUT2D eigenvalue weighted by Gasteiger charge is -2.24. The summed E-state index contributed by atoms with van der Waals surface area (Å²) in [5, 5.41) is 12.1. The van der Waals surface area contributed by atoms with Gasteiger partial charge in [0.1, 0.15) is 0 Å². The van der Waals surface area contributed by atoms with Gasteiger partial charge in [0, 0.05) is 28.6 Å². The van der Waals surface area contributed by atoms with Gasteiger partial charge in [-0.1, -0.05) is 80.1 Å². The molecule has 0 atom stereocenters. The Labute approximate surface area is 212 Å². The first kappa shape index (κ1) is 26.4. The topological polar surface area (TPSA) is 69.6 Å². The Morgan fingerprint density at radius 1 is 0.857 bits per heavy atom. The van der Waals surface area contributed by atoms with E-state index in [-0.39, 0.29) is 12.5 Å². The third-order valence-electron chi connectivity index (χ3n) is 5.64. The number of rotatable bonds is 13. The van der Waals surface area contributed by atoms with Crippen molar-refractivity contribution in [1.29, 1.82) is 0 Å². The lowest BCUT2D eigenvalue weighted by molar-refractivity contribution is -0.136. The normalized spacial score (nSPS) is 10.7. The van der Waals surface area contributed by atoms with Gasteiger partial charge in [-0.05, 0) is 60.7 Å². The number of carboxylic acid groups (broad SMARTS) is 1. The lowest BCUT2D eigenvalue weighted by atomic mass is 10.1. The number of aryl methyl sites for hydroxylation is 1. The van der Waals surface area contributed by atoms with Gasteiger partial charge in [0.2, 0.25) is 0 Å². The summed E-state index contributed by atoms with van der Waals surface area (Å²) in [6, 6.07) is 25.9. The number of nitrogens with one attached hydrogen (secondary N) is 1. The number of urea groups is 1. The summed E-state index contributed by atoms with van der Waals surface area (Å²) in [5.41, 5.74) is 2.92. The van der Waals surface area contributed by atoms with Crippen molar-refractivity contribution in [1.82, 2.24) is 5.32 Å². The predicted molar refractivity (Wildman–Crippen MR) is 143 cm³/mol. The van der Waals surface area contributed by atoms with Crippen LogP contribution in [0.2, 0.25) is 0 Å². The fourth-order valence-corrected chi connectivity index (χ4v) is 4.67. The van der Waals surface area contributed by atoms with Crippen molar-refractivity contribution in [2.24, 2.45) is 0 Å². The number of aliphatic carboxylic acids is 1. The molecular weight excluding hydrogens is 456 g/mol. The SMILES string of the molecule is CCCCCNC(=O)N(CCCc1ccccc1)c1cccc(Sc2ccc(CC(=O)O)cc2)c1. The quantitative estimate of drug-likeness (QED) is 0.258. The number of carbonyl (C=O) groups is 2. The Morgan fingerprint density at radius 2 is 1.63 bits per heavy atom. The van der Waals surface area contributed by atoms with Gasteiger partial charge in [-0.3, -0.25) is 9.69 Å². The first-order valence-corrected chi connectivity index (χ1v) is 13.0. The fourth-order valence-electron chi connectivity index (χ4n) is 3.80. The van der Waals surface area contributed by atoms with Crippen LogP contribution in [0.25, 0.3) is 0 Å².